The highest BCUT2D eigenvalue weighted by Crippen LogP contribution is 2.29. The van der Waals surface area contributed by atoms with Gasteiger partial charge in [0.15, 0.2) is 5.13 Å². The van der Waals surface area contributed by atoms with Gasteiger partial charge in [0.2, 0.25) is 0 Å². The molecule has 0 bridgehead atoms. The van der Waals surface area contributed by atoms with Gasteiger partial charge in [-0.3, -0.25) is 0 Å². The monoisotopic (exact) mass is 239 g/mol. The van der Waals surface area contributed by atoms with Crippen LogP contribution in [0.5, 0.6) is 0 Å². The van der Waals surface area contributed by atoms with Crippen molar-refractivity contribution in [1.82, 2.24) is 4.98 Å². The highest BCUT2D eigenvalue weighted by Gasteiger charge is 2.20. The zero-order chi connectivity index (χ0) is 11.5. The van der Waals surface area contributed by atoms with Gasteiger partial charge in [-0.1, -0.05) is 0 Å². The minimum absolute atomic E-state index is 0.833. The average Bonchev–Trinajstić information content (AvgIpc) is 2.61. The lowest BCUT2D eigenvalue weighted by atomic mass is 9.94. The van der Waals surface area contributed by atoms with Crippen LogP contribution >= 0.6 is 11.3 Å². The molecule has 2 N–H and O–H groups in total. The van der Waals surface area contributed by atoms with E-state index in [4.69, 9.17) is 5.73 Å². The molecule has 0 unspecified atom stereocenters. The zero-order valence-corrected chi connectivity index (χ0v) is 11.0. The molecule has 0 aliphatic carbocycles. The van der Waals surface area contributed by atoms with E-state index in [-0.39, 0.29) is 0 Å². The molecule has 4 heteroatoms. The molecule has 1 aromatic heterocycles. The van der Waals surface area contributed by atoms with Crippen LogP contribution in [0.2, 0.25) is 0 Å². The van der Waals surface area contributed by atoms with Crippen LogP contribution in [0.25, 0.3) is 0 Å². The number of piperidine rings is 1. The van der Waals surface area contributed by atoms with E-state index >= 15 is 0 Å². The largest absolute Gasteiger partial charge is 0.348 e. The number of thiazole rings is 1. The first-order valence-electron chi connectivity index (χ1n) is 6.09. The third-order valence-corrected chi connectivity index (χ3v) is 4.61. The number of aromatic nitrogens is 1. The number of nitrogens with zero attached hydrogens (tertiary/aromatic N) is 2. The molecular formula is C12H21N3S. The van der Waals surface area contributed by atoms with E-state index in [2.05, 4.69) is 23.7 Å². The summed E-state index contributed by atoms with van der Waals surface area (Å²) in [7, 11) is 0. The van der Waals surface area contributed by atoms with E-state index < -0.39 is 0 Å². The predicted octanol–water partition coefficient (Wildman–Crippen LogP) is 2.33. The minimum atomic E-state index is 0.833. The molecule has 0 saturated carbocycles. The Morgan fingerprint density at radius 1 is 1.38 bits per heavy atom. The molecule has 0 amide bonds. The van der Waals surface area contributed by atoms with Crippen LogP contribution in [0.15, 0.2) is 0 Å². The molecule has 16 heavy (non-hydrogen) atoms. The molecule has 0 spiro atoms. The van der Waals surface area contributed by atoms with Crippen molar-refractivity contribution >= 4 is 16.5 Å². The summed E-state index contributed by atoms with van der Waals surface area (Å²) in [5.41, 5.74) is 6.79. The topological polar surface area (TPSA) is 42.2 Å². The maximum atomic E-state index is 5.60. The summed E-state index contributed by atoms with van der Waals surface area (Å²) >= 11 is 1.83. The molecule has 2 rings (SSSR count). The summed E-state index contributed by atoms with van der Waals surface area (Å²) < 4.78 is 0. The van der Waals surface area contributed by atoms with Gasteiger partial charge >= 0.3 is 0 Å². The maximum Gasteiger partial charge on any atom is 0.185 e. The molecule has 3 nitrogen and oxygen atoms in total. The van der Waals surface area contributed by atoms with E-state index in [1.54, 1.807) is 0 Å². The number of anilines is 1. The summed E-state index contributed by atoms with van der Waals surface area (Å²) in [5, 5.41) is 1.21. The van der Waals surface area contributed by atoms with Gasteiger partial charge < -0.3 is 10.6 Å². The minimum Gasteiger partial charge on any atom is -0.348 e. The molecule has 1 fully saturated rings. The van der Waals surface area contributed by atoms with Gasteiger partial charge in [-0.2, -0.15) is 0 Å². The smallest absolute Gasteiger partial charge is 0.185 e. The number of hydrogen-bond acceptors (Lipinski definition) is 4. The third-order valence-electron chi connectivity index (χ3n) is 3.48. The Balaban J connectivity index is 1.93. The van der Waals surface area contributed by atoms with Gasteiger partial charge in [0, 0.05) is 18.0 Å². The lowest BCUT2D eigenvalue weighted by Gasteiger charge is -2.31. The standard InChI is InChI=1S/C12H21N3S/c1-9-10(2)16-12(14-9)15-7-4-11(3-6-13)5-8-15/h11H,3-8,13H2,1-2H3. The fraction of sp³-hybridized carbons (Fsp3) is 0.750. The first-order chi connectivity index (χ1) is 7.70. The molecule has 0 radical (unpaired) electrons. The molecule has 90 valence electrons. The summed E-state index contributed by atoms with van der Waals surface area (Å²) in [6.45, 7) is 7.38. The molecule has 1 aliphatic rings. The third kappa shape index (κ3) is 2.55. The summed E-state index contributed by atoms with van der Waals surface area (Å²) in [6.07, 6.45) is 3.73. The Bertz CT molecular complexity index is 321. The average molecular weight is 239 g/mol. The van der Waals surface area contributed by atoms with Crippen LogP contribution in [-0.2, 0) is 0 Å². The van der Waals surface area contributed by atoms with E-state index in [0.717, 1.165) is 25.6 Å². The van der Waals surface area contributed by atoms with E-state index in [9.17, 15) is 0 Å². The van der Waals surface area contributed by atoms with Crippen molar-refractivity contribution in [2.75, 3.05) is 24.5 Å². The SMILES string of the molecule is Cc1nc(N2CCC(CCN)CC2)sc1C. The van der Waals surface area contributed by atoms with Crippen LogP contribution < -0.4 is 10.6 Å². The fourth-order valence-corrected chi connectivity index (χ4v) is 3.20. The summed E-state index contributed by atoms with van der Waals surface area (Å²) in [6, 6.07) is 0. The number of rotatable bonds is 3. The van der Waals surface area contributed by atoms with Crippen molar-refractivity contribution in [2.24, 2.45) is 11.7 Å². The first kappa shape index (κ1) is 11.9. The Kier molecular flexibility index (Phi) is 3.82. The van der Waals surface area contributed by atoms with Gasteiger partial charge in [0.05, 0.1) is 5.69 Å². The van der Waals surface area contributed by atoms with Crippen LogP contribution in [-0.4, -0.2) is 24.6 Å². The highest BCUT2D eigenvalue weighted by atomic mass is 32.1. The quantitative estimate of drug-likeness (QED) is 0.880. The van der Waals surface area contributed by atoms with Crippen LogP contribution in [0.1, 0.15) is 29.8 Å². The van der Waals surface area contributed by atoms with Crippen molar-refractivity contribution in [3.05, 3.63) is 10.6 Å². The maximum absolute atomic E-state index is 5.60. The molecule has 1 aromatic rings. The molecular weight excluding hydrogens is 218 g/mol. The zero-order valence-electron chi connectivity index (χ0n) is 10.2. The Morgan fingerprint density at radius 3 is 2.56 bits per heavy atom. The second kappa shape index (κ2) is 5.15. The Labute approximate surface area is 102 Å². The summed E-state index contributed by atoms with van der Waals surface area (Å²) in [4.78, 5) is 8.40. The second-order valence-corrected chi connectivity index (χ2v) is 5.83. The number of aryl methyl sites for hydroxylation is 2. The normalized spacial score (nSPS) is 18.1. The Morgan fingerprint density at radius 2 is 2.06 bits per heavy atom. The molecule has 0 atom stereocenters. The first-order valence-corrected chi connectivity index (χ1v) is 6.91. The van der Waals surface area contributed by atoms with Crippen molar-refractivity contribution in [2.45, 2.75) is 33.1 Å². The number of nitrogens with two attached hydrogens (primary N) is 1. The van der Waals surface area contributed by atoms with Gasteiger partial charge in [-0.25, -0.2) is 4.98 Å². The number of hydrogen-bond donors (Lipinski definition) is 1. The van der Waals surface area contributed by atoms with E-state index in [1.165, 1.54) is 35.0 Å². The molecule has 2 heterocycles. The predicted molar refractivity (Wildman–Crippen MR) is 70.2 cm³/mol. The van der Waals surface area contributed by atoms with Gasteiger partial charge in [-0.05, 0) is 45.6 Å². The second-order valence-electron chi connectivity index (χ2n) is 4.65. The highest BCUT2D eigenvalue weighted by molar-refractivity contribution is 7.15. The van der Waals surface area contributed by atoms with Crippen LogP contribution in [0, 0.1) is 19.8 Å². The van der Waals surface area contributed by atoms with Crippen molar-refractivity contribution in [3.8, 4) is 0 Å². The fourth-order valence-electron chi connectivity index (χ4n) is 2.24. The van der Waals surface area contributed by atoms with E-state index in [0.29, 0.717) is 0 Å². The van der Waals surface area contributed by atoms with Crippen LogP contribution in [0.3, 0.4) is 0 Å². The van der Waals surface area contributed by atoms with Crippen molar-refractivity contribution in [1.29, 1.82) is 0 Å². The van der Waals surface area contributed by atoms with Crippen molar-refractivity contribution in [3.63, 3.8) is 0 Å². The lowest BCUT2D eigenvalue weighted by Crippen LogP contribution is -2.34. The van der Waals surface area contributed by atoms with Gasteiger partial charge in [0.25, 0.3) is 0 Å². The lowest BCUT2D eigenvalue weighted by molar-refractivity contribution is 0.386. The van der Waals surface area contributed by atoms with E-state index in [1.807, 2.05) is 11.3 Å². The Hall–Kier alpha value is -0.610. The van der Waals surface area contributed by atoms with Crippen molar-refractivity contribution < 1.29 is 0 Å². The van der Waals surface area contributed by atoms with Gasteiger partial charge in [0.1, 0.15) is 0 Å². The summed E-state index contributed by atoms with van der Waals surface area (Å²) in [5.74, 6) is 0.836. The molecule has 1 aliphatic heterocycles. The van der Waals surface area contributed by atoms with Crippen LogP contribution in [0.4, 0.5) is 5.13 Å². The molecule has 0 aromatic carbocycles. The molecule has 1 saturated heterocycles. The van der Waals surface area contributed by atoms with Gasteiger partial charge in [-0.15, -0.1) is 11.3 Å².